The zero-order valence-electron chi connectivity index (χ0n) is 11.0. The molecule has 0 bridgehead atoms. The number of fused-ring (bicyclic) bond motifs is 1. The van der Waals surface area contributed by atoms with Crippen LogP contribution in [0.3, 0.4) is 0 Å². The number of carbonyl (C=O) groups is 1. The lowest BCUT2D eigenvalue weighted by molar-refractivity contribution is 0.0939. The van der Waals surface area contributed by atoms with Crippen LogP contribution in [0, 0.1) is 0 Å². The summed E-state index contributed by atoms with van der Waals surface area (Å²) in [5, 5.41) is 2.94. The number of aromatic nitrogens is 1. The molecule has 1 aliphatic rings. The predicted molar refractivity (Wildman–Crippen MR) is 72.7 cm³/mol. The van der Waals surface area contributed by atoms with Crippen LogP contribution in [0.2, 0.25) is 0 Å². The molecule has 1 atom stereocenters. The molecule has 102 valence electrons. The van der Waals surface area contributed by atoms with E-state index in [0.717, 1.165) is 11.3 Å². The van der Waals surface area contributed by atoms with Gasteiger partial charge in [0.25, 0.3) is 5.91 Å². The Hall–Kier alpha value is -2.56. The number of nitrogens with zero attached hydrogens (tertiary/aromatic N) is 1. The van der Waals surface area contributed by atoms with Gasteiger partial charge in [-0.05, 0) is 36.8 Å². The molecule has 0 saturated carbocycles. The van der Waals surface area contributed by atoms with E-state index in [4.69, 9.17) is 9.47 Å². The third-order valence-electron chi connectivity index (χ3n) is 3.19. The van der Waals surface area contributed by atoms with Crippen molar-refractivity contribution in [3.8, 4) is 11.5 Å². The van der Waals surface area contributed by atoms with Crippen molar-refractivity contribution in [3.63, 3.8) is 0 Å². The van der Waals surface area contributed by atoms with E-state index in [0.29, 0.717) is 11.3 Å². The van der Waals surface area contributed by atoms with Crippen molar-refractivity contribution in [2.75, 3.05) is 6.79 Å². The maximum absolute atomic E-state index is 12.1. The largest absolute Gasteiger partial charge is 0.454 e. The summed E-state index contributed by atoms with van der Waals surface area (Å²) in [5.74, 6) is 1.33. The monoisotopic (exact) mass is 270 g/mol. The highest BCUT2D eigenvalue weighted by Gasteiger charge is 2.17. The first kappa shape index (κ1) is 12.5. The standard InChI is InChI=1S/C15H14N2O3/c1-10(17-15(18)11-4-6-16-7-5-11)12-2-3-13-14(8-12)20-9-19-13/h2-8,10H,9H2,1H3,(H,17,18). The Morgan fingerprint density at radius 2 is 1.95 bits per heavy atom. The van der Waals surface area contributed by atoms with Crippen molar-refractivity contribution < 1.29 is 14.3 Å². The number of carbonyl (C=O) groups excluding carboxylic acids is 1. The van der Waals surface area contributed by atoms with Gasteiger partial charge in [-0.2, -0.15) is 0 Å². The molecular weight excluding hydrogens is 256 g/mol. The van der Waals surface area contributed by atoms with Gasteiger partial charge < -0.3 is 14.8 Å². The van der Waals surface area contributed by atoms with Crippen molar-refractivity contribution in [2.24, 2.45) is 0 Å². The Morgan fingerprint density at radius 1 is 1.20 bits per heavy atom. The summed E-state index contributed by atoms with van der Waals surface area (Å²) in [6, 6.07) is 8.91. The van der Waals surface area contributed by atoms with Gasteiger partial charge in [-0.1, -0.05) is 6.07 Å². The van der Waals surface area contributed by atoms with E-state index >= 15 is 0 Å². The molecule has 1 aromatic heterocycles. The summed E-state index contributed by atoms with van der Waals surface area (Å²) in [4.78, 5) is 16.0. The Labute approximate surface area is 116 Å². The topological polar surface area (TPSA) is 60.5 Å². The highest BCUT2D eigenvalue weighted by atomic mass is 16.7. The number of amides is 1. The maximum atomic E-state index is 12.1. The molecule has 1 unspecified atom stereocenters. The zero-order valence-corrected chi connectivity index (χ0v) is 11.0. The molecule has 0 saturated heterocycles. The molecule has 1 amide bonds. The fourth-order valence-corrected chi connectivity index (χ4v) is 2.05. The number of hydrogen-bond donors (Lipinski definition) is 1. The van der Waals surface area contributed by atoms with E-state index < -0.39 is 0 Å². The van der Waals surface area contributed by atoms with Crippen LogP contribution in [0.25, 0.3) is 0 Å². The van der Waals surface area contributed by atoms with E-state index in [2.05, 4.69) is 10.3 Å². The minimum Gasteiger partial charge on any atom is -0.454 e. The first-order valence-electron chi connectivity index (χ1n) is 6.34. The van der Waals surface area contributed by atoms with Crippen LogP contribution in [-0.2, 0) is 0 Å². The van der Waals surface area contributed by atoms with Crippen molar-refractivity contribution in [1.29, 1.82) is 0 Å². The first-order valence-corrected chi connectivity index (χ1v) is 6.34. The maximum Gasteiger partial charge on any atom is 0.251 e. The van der Waals surface area contributed by atoms with Gasteiger partial charge in [0, 0.05) is 18.0 Å². The minimum absolute atomic E-state index is 0.120. The number of nitrogens with one attached hydrogen (secondary N) is 1. The van der Waals surface area contributed by atoms with Gasteiger partial charge in [0.2, 0.25) is 6.79 Å². The molecule has 0 radical (unpaired) electrons. The lowest BCUT2D eigenvalue weighted by Crippen LogP contribution is -2.26. The van der Waals surface area contributed by atoms with E-state index in [-0.39, 0.29) is 18.7 Å². The number of ether oxygens (including phenoxy) is 2. The summed E-state index contributed by atoms with van der Waals surface area (Å²) >= 11 is 0. The number of rotatable bonds is 3. The van der Waals surface area contributed by atoms with E-state index in [1.54, 1.807) is 24.5 Å². The molecule has 1 aromatic carbocycles. The molecule has 0 aliphatic carbocycles. The molecule has 3 rings (SSSR count). The third kappa shape index (κ3) is 2.42. The van der Waals surface area contributed by atoms with Crippen molar-refractivity contribution in [1.82, 2.24) is 10.3 Å². The van der Waals surface area contributed by atoms with Crippen LogP contribution in [0.5, 0.6) is 11.5 Å². The minimum atomic E-state index is -0.127. The fraction of sp³-hybridized carbons (Fsp3) is 0.200. The van der Waals surface area contributed by atoms with Gasteiger partial charge in [-0.3, -0.25) is 9.78 Å². The molecule has 2 heterocycles. The summed E-state index contributed by atoms with van der Waals surface area (Å²) in [6.07, 6.45) is 3.19. The molecule has 5 nitrogen and oxygen atoms in total. The summed E-state index contributed by atoms with van der Waals surface area (Å²) in [6.45, 7) is 2.17. The second-order valence-corrected chi connectivity index (χ2v) is 4.54. The van der Waals surface area contributed by atoms with Gasteiger partial charge in [-0.15, -0.1) is 0 Å². The smallest absolute Gasteiger partial charge is 0.251 e. The Kier molecular flexibility index (Phi) is 3.25. The third-order valence-corrected chi connectivity index (χ3v) is 3.19. The van der Waals surface area contributed by atoms with Crippen molar-refractivity contribution in [3.05, 3.63) is 53.9 Å². The number of hydrogen-bond acceptors (Lipinski definition) is 4. The van der Waals surface area contributed by atoms with E-state index in [9.17, 15) is 4.79 Å². The molecular formula is C15H14N2O3. The van der Waals surface area contributed by atoms with Crippen LogP contribution in [0.4, 0.5) is 0 Å². The lowest BCUT2D eigenvalue weighted by atomic mass is 10.1. The quantitative estimate of drug-likeness (QED) is 0.929. The number of benzene rings is 1. The second-order valence-electron chi connectivity index (χ2n) is 4.54. The number of pyridine rings is 1. The highest BCUT2D eigenvalue weighted by Crippen LogP contribution is 2.34. The molecule has 5 heteroatoms. The van der Waals surface area contributed by atoms with Crippen molar-refractivity contribution >= 4 is 5.91 Å². The normalized spacial score (nSPS) is 13.8. The zero-order chi connectivity index (χ0) is 13.9. The molecule has 20 heavy (non-hydrogen) atoms. The fourth-order valence-electron chi connectivity index (χ4n) is 2.05. The summed E-state index contributed by atoms with van der Waals surface area (Å²) in [7, 11) is 0. The van der Waals surface area contributed by atoms with Gasteiger partial charge >= 0.3 is 0 Å². The molecule has 2 aromatic rings. The molecule has 1 aliphatic heterocycles. The van der Waals surface area contributed by atoms with E-state index in [1.165, 1.54) is 0 Å². The van der Waals surface area contributed by atoms with Gasteiger partial charge in [-0.25, -0.2) is 0 Å². The average molecular weight is 270 g/mol. The highest BCUT2D eigenvalue weighted by molar-refractivity contribution is 5.94. The van der Waals surface area contributed by atoms with Gasteiger partial charge in [0.15, 0.2) is 11.5 Å². The first-order chi connectivity index (χ1) is 9.74. The van der Waals surface area contributed by atoms with E-state index in [1.807, 2.05) is 25.1 Å². The Morgan fingerprint density at radius 3 is 2.75 bits per heavy atom. The van der Waals surface area contributed by atoms with Crippen LogP contribution in [0.15, 0.2) is 42.7 Å². The summed E-state index contributed by atoms with van der Waals surface area (Å²) in [5.41, 5.74) is 1.56. The van der Waals surface area contributed by atoms with Gasteiger partial charge in [0.05, 0.1) is 6.04 Å². The Bertz CT molecular complexity index is 628. The Balaban J connectivity index is 1.73. The van der Waals surface area contributed by atoms with Crippen LogP contribution in [0.1, 0.15) is 28.9 Å². The molecule has 0 spiro atoms. The SMILES string of the molecule is CC(NC(=O)c1ccncc1)c1ccc2c(c1)OCO2. The van der Waals surface area contributed by atoms with Crippen LogP contribution in [-0.4, -0.2) is 17.7 Å². The molecule has 0 fully saturated rings. The average Bonchev–Trinajstić information content (AvgIpc) is 2.95. The predicted octanol–water partition coefficient (Wildman–Crippen LogP) is 2.30. The summed E-state index contributed by atoms with van der Waals surface area (Å²) < 4.78 is 10.6. The molecule has 1 N–H and O–H groups in total. The second kappa shape index (κ2) is 5.21. The van der Waals surface area contributed by atoms with Crippen molar-refractivity contribution in [2.45, 2.75) is 13.0 Å². The van der Waals surface area contributed by atoms with Crippen LogP contribution < -0.4 is 14.8 Å². The lowest BCUT2D eigenvalue weighted by Gasteiger charge is -2.14. The van der Waals surface area contributed by atoms with Crippen LogP contribution >= 0.6 is 0 Å². The van der Waals surface area contributed by atoms with Gasteiger partial charge in [0.1, 0.15) is 0 Å².